The number of allylic oxidation sites excluding steroid dienone is 1. The molecule has 234 valence electrons. The molecular formula is C35H41NO8. The fraction of sp³-hybridized carbons (Fsp3) is 0.571. The number of aromatic nitrogens is 1. The van der Waals surface area contributed by atoms with Gasteiger partial charge in [-0.1, -0.05) is 50.2 Å². The molecular weight excluding hydrogens is 562 g/mol. The number of ether oxygens (including phenoxy) is 4. The van der Waals surface area contributed by atoms with Crippen molar-refractivity contribution >= 4 is 11.8 Å². The molecule has 1 aromatic carbocycles. The number of benzene rings is 1. The number of hydrogen-bond acceptors (Lipinski definition) is 9. The lowest BCUT2D eigenvalue weighted by Crippen LogP contribution is -2.68. The van der Waals surface area contributed by atoms with E-state index in [1.165, 1.54) is 0 Å². The molecule has 0 unspecified atom stereocenters. The minimum Gasteiger partial charge on any atom is -0.496 e. The largest absolute Gasteiger partial charge is 0.496 e. The number of methoxy groups -OCH3 is 1. The molecule has 3 fully saturated rings. The molecule has 4 aliphatic carbocycles. The van der Waals surface area contributed by atoms with Crippen LogP contribution < -0.4 is 4.74 Å². The van der Waals surface area contributed by atoms with Gasteiger partial charge in [-0.2, -0.15) is 0 Å². The Bertz CT molecular complexity index is 1630. The van der Waals surface area contributed by atoms with Crippen LogP contribution in [0.5, 0.6) is 5.75 Å². The summed E-state index contributed by atoms with van der Waals surface area (Å²) < 4.78 is 30.0. The first kappa shape index (κ1) is 29.4. The van der Waals surface area contributed by atoms with Crippen molar-refractivity contribution in [2.24, 2.45) is 34.5 Å². The number of aliphatic hydroxyl groups is 1. The molecule has 9 heteroatoms. The third-order valence-corrected chi connectivity index (χ3v) is 11.3. The second-order valence-electron chi connectivity index (χ2n) is 14.4. The van der Waals surface area contributed by atoms with Gasteiger partial charge in [0, 0.05) is 11.5 Å². The maximum Gasteiger partial charge on any atom is 0.344 e. The van der Waals surface area contributed by atoms with Crippen LogP contribution in [0.2, 0.25) is 0 Å². The number of hydrogen-bond donors (Lipinski definition) is 1. The number of ketones is 1. The zero-order valence-corrected chi connectivity index (χ0v) is 26.6. The second kappa shape index (κ2) is 9.37. The van der Waals surface area contributed by atoms with E-state index in [1.807, 2.05) is 38.1 Å². The molecule has 1 N–H and O–H groups in total. The molecule has 8 atom stereocenters. The van der Waals surface area contributed by atoms with Gasteiger partial charge in [-0.25, -0.2) is 4.79 Å². The van der Waals surface area contributed by atoms with Crippen molar-refractivity contribution in [3.8, 4) is 17.0 Å². The quantitative estimate of drug-likeness (QED) is 0.360. The van der Waals surface area contributed by atoms with Gasteiger partial charge in [0.1, 0.15) is 28.9 Å². The normalized spacial score (nSPS) is 37.8. The molecule has 1 aromatic heterocycles. The van der Waals surface area contributed by atoms with Gasteiger partial charge in [0.2, 0.25) is 0 Å². The van der Waals surface area contributed by atoms with Crippen molar-refractivity contribution in [3.05, 3.63) is 58.9 Å². The molecule has 1 saturated heterocycles. The molecule has 44 heavy (non-hydrogen) atoms. The van der Waals surface area contributed by atoms with Gasteiger partial charge in [0.15, 0.2) is 23.3 Å². The number of esters is 1. The SMILES string of the molecule is COc1ccccc1-c1noc(C)c1C(=O)O[C@H]1C(C)=C[C@]23C(=O)[C@@H](C=C4COC(C)(C)O[C@H]4[C@]12O)[C@H]1[C@@H](C[C@H]3C)C1(C)C. The summed E-state index contributed by atoms with van der Waals surface area (Å²) in [6, 6.07) is 7.20. The number of fused-ring (bicyclic) bond motifs is 5. The van der Waals surface area contributed by atoms with Crippen LogP contribution in [0.3, 0.4) is 0 Å². The molecule has 2 bridgehead atoms. The topological polar surface area (TPSA) is 117 Å². The minimum absolute atomic E-state index is 0.00476. The van der Waals surface area contributed by atoms with Gasteiger partial charge in [0.05, 0.1) is 19.1 Å². The fourth-order valence-electron chi connectivity index (χ4n) is 9.10. The molecule has 2 aromatic rings. The Morgan fingerprint density at radius 2 is 1.86 bits per heavy atom. The van der Waals surface area contributed by atoms with Crippen LogP contribution in [0, 0.1) is 41.4 Å². The van der Waals surface area contributed by atoms with Crippen molar-refractivity contribution < 1.29 is 38.2 Å². The highest BCUT2D eigenvalue weighted by molar-refractivity contribution is 5.99. The monoisotopic (exact) mass is 603 g/mol. The van der Waals surface area contributed by atoms with Gasteiger partial charge >= 0.3 is 5.97 Å². The van der Waals surface area contributed by atoms with E-state index < -0.39 is 40.9 Å². The second-order valence-corrected chi connectivity index (χ2v) is 14.4. The van der Waals surface area contributed by atoms with Crippen LogP contribution in [0.15, 0.2) is 52.1 Å². The summed E-state index contributed by atoms with van der Waals surface area (Å²) in [7, 11) is 1.54. The van der Waals surface area contributed by atoms with E-state index in [2.05, 4.69) is 19.0 Å². The maximum atomic E-state index is 14.9. The van der Waals surface area contributed by atoms with E-state index in [0.717, 1.165) is 6.42 Å². The van der Waals surface area contributed by atoms with Gasteiger partial charge in [0.25, 0.3) is 0 Å². The molecule has 1 spiro atoms. The summed E-state index contributed by atoms with van der Waals surface area (Å²) in [4.78, 5) is 29.1. The predicted molar refractivity (Wildman–Crippen MR) is 160 cm³/mol. The molecule has 2 saturated carbocycles. The standard InChI is InChI=1S/C35H41NO8/c1-17-15-34-18(2)13-23-26(32(23,4)5)22(28(34)37)14-20-16-41-33(6,7)43-30(20)35(34,39)29(17)42-31(38)25-19(3)44-36-27(25)21-11-9-10-12-24(21)40-8/h9-12,14-15,18,22-23,26,29-30,39H,13,16H2,1-8H3/t18-,22+,23-,26+,29+,30-,34+,35-/m1/s1. The van der Waals surface area contributed by atoms with E-state index in [9.17, 15) is 14.7 Å². The Kier molecular flexibility index (Phi) is 6.27. The average Bonchev–Trinajstić information content (AvgIpc) is 3.23. The Balaban J connectivity index is 1.36. The number of carbonyl (C=O) groups excluding carboxylic acids is 2. The molecule has 0 amide bonds. The minimum atomic E-state index is -1.92. The van der Waals surface area contributed by atoms with Crippen molar-refractivity contribution in [1.82, 2.24) is 5.16 Å². The van der Waals surface area contributed by atoms with Gasteiger partial charge in [-0.05, 0) is 80.6 Å². The average molecular weight is 604 g/mol. The van der Waals surface area contributed by atoms with Gasteiger partial charge in [-0.3, -0.25) is 4.79 Å². The molecule has 0 radical (unpaired) electrons. The fourth-order valence-corrected chi connectivity index (χ4v) is 9.10. The van der Waals surface area contributed by atoms with E-state index >= 15 is 0 Å². The molecule has 2 heterocycles. The van der Waals surface area contributed by atoms with E-state index in [0.29, 0.717) is 28.4 Å². The molecule has 7 rings (SSSR count). The van der Waals surface area contributed by atoms with Crippen LogP contribution in [0.4, 0.5) is 0 Å². The highest BCUT2D eigenvalue weighted by Gasteiger charge is 2.77. The summed E-state index contributed by atoms with van der Waals surface area (Å²) in [5.74, 6) is -1.16. The number of nitrogens with zero attached hydrogens (tertiary/aromatic N) is 1. The zero-order valence-electron chi connectivity index (χ0n) is 26.6. The first-order valence-electron chi connectivity index (χ1n) is 15.5. The van der Waals surface area contributed by atoms with E-state index in [4.69, 9.17) is 23.5 Å². The lowest BCUT2D eigenvalue weighted by Gasteiger charge is -2.52. The Hall–Kier alpha value is -3.27. The number of Topliss-reactive ketones (excluding diaryl/α,β-unsaturated/α-hetero) is 1. The third-order valence-electron chi connectivity index (χ3n) is 11.3. The zero-order chi connectivity index (χ0) is 31.6. The van der Waals surface area contributed by atoms with Gasteiger partial charge in [-0.15, -0.1) is 0 Å². The van der Waals surface area contributed by atoms with Crippen LogP contribution in [-0.2, 0) is 19.0 Å². The van der Waals surface area contributed by atoms with Crippen molar-refractivity contribution in [3.63, 3.8) is 0 Å². The van der Waals surface area contributed by atoms with Gasteiger partial charge < -0.3 is 28.6 Å². The first-order valence-corrected chi connectivity index (χ1v) is 15.5. The number of rotatable bonds is 4. The lowest BCUT2D eigenvalue weighted by atomic mass is 9.59. The third kappa shape index (κ3) is 3.72. The smallest absolute Gasteiger partial charge is 0.344 e. The first-order chi connectivity index (χ1) is 20.7. The Labute approximate surface area is 257 Å². The lowest BCUT2D eigenvalue weighted by molar-refractivity contribution is -0.302. The summed E-state index contributed by atoms with van der Waals surface area (Å²) >= 11 is 0. The highest BCUT2D eigenvalue weighted by atomic mass is 16.7. The van der Waals surface area contributed by atoms with Crippen molar-refractivity contribution in [2.75, 3.05) is 13.7 Å². The number of aryl methyl sites for hydroxylation is 1. The van der Waals surface area contributed by atoms with Crippen molar-refractivity contribution in [2.45, 2.75) is 78.5 Å². The van der Waals surface area contributed by atoms with Crippen LogP contribution in [0.25, 0.3) is 11.3 Å². The number of carbonyl (C=O) groups is 2. The summed E-state index contributed by atoms with van der Waals surface area (Å²) in [5, 5.41) is 17.5. The van der Waals surface area contributed by atoms with E-state index in [1.54, 1.807) is 40.0 Å². The maximum absolute atomic E-state index is 14.9. The van der Waals surface area contributed by atoms with Crippen LogP contribution in [0.1, 0.15) is 64.1 Å². The van der Waals surface area contributed by atoms with Crippen LogP contribution >= 0.6 is 0 Å². The number of para-hydroxylation sites is 1. The highest BCUT2D eigenvalue weighted by Crippen LogP contribution is 2.72. The van der Waals surface area contributed by atoms with Crippen molar-refractivity contribution in [1.29, 1.82) is 0 Å². The molecule has 1 aliphatic heterocycles. The summed E-state index contributed by atoms with van der Waals surface area (Å²) in [6.07, 6.45) is 2.53. The van der Waals surface area contributed by atoms with E-state index in [-0.39, 0.29) is 46.7 Å². The van der Waals surface area contributed by atoms with Crippen LogP contribution in [-0.4, -0.2) is 59.3 Å². The predicted octanol–water partition coefficient (Wildman–Crippen LogP) is 5.45. The Morgan fingerprint density at radius 1 is 1.14 bits per heavy atom. The molecule has 9 nitrogen and oxygen atoms in total. The Morgan fingerprint density at radius 3 is 2.59 bits per heavy atom. The molecule has 5 aliphatic rings. The summed E-state index contributed by atoms with van der Waals surface area (Å²) in [5.41, 5.74) is -0.949. The summed E-state index contributed by atoms with van der Waals surface area (Å²) in [6.45, 7) is 13.8.